The zero-order valence-corrected chi connectivity index (χ0v) is 24.9. The van der Waals surface area contributed by atoms with E-state index < -0.39 is 18.4 Å². The van der Waals surface area contributed by atoms with Gasteiger partial charge in [-0.15, -0.1) is 0 Å². The summed E-state index contributed by atoms with van der Waals surface area (Å²) < 4.78 is 38.4. The van der Waals surface area contributed by atoms with Crippen LogP contribution in [0.5, 0.6) is 0 Å². The summed E-state index contributed by atoms with van der Waals surface area (Å²) in [5.74, 6) is 0.260. The minimum Gasteiger partial charge on any atom is -0.381 e. The Morgan fingerprint density at radius 1 is 0.925 bits per heavy atom. The molecule has 3 N–H and O–H groups in total. The Morgan fingerprint density at radius 2 is 1.73 bits per heavy atom. The van der Waals surface area contributed by atoms with E-state index in [9.17, 15) is 4.79 Å². The van der Waals surface area contributed by atoms with Crippen molar-refractivity contribution in [2.45, 2.75) is 134 Å². The lowest BCUT2D eigenvalue weighted by Crippen LogP contribution is -2.79. The van der Waals surface area contributed by atoms with Crippen molar-refractivity contribution in [3.63, 3.8) is 0 Å². The summed E-state index contributed by atoms with van der Waals surface area (Å²) in [6.45, 7) is 9.80. The Morgan fingerprint density at radius 3 is 2.50 bits per heavy atom. The molecule has 6 aliphatic rings. The normalized spacial score (nSPS) is 47.2. The lowest BCUT2D eigenvalue weighted by molar-refractivity contribution is -0.0952. The van der Waals surface area contributed by atoms with Gasteiger partial charge in [-0.05, 0) is 82.6 Å². The van der Waals surface area contributed by atoms with Crippen molar-refractivity contribution in [2.75, 3.05) is 26.3 Å². The highest BCUT2D eigenvalue weighted by molar-refractivity contribution is 5.76. The fourth-order valence-corrected chi connectivity index (χ4v) is 9.57. The number of urea groups is 1. The second-order valence-electron chi connectivity index (χ2n) is 14.2. The number of nitrogens with zero attached hydrogens (tertiary/aromatic N) is 2. The number of ether oxygens (including phenoxy) is 1. The molecule has 12 atom stereocenters. The van der Waals surface area contributed by atoms with E-state index in [0.717, 1.165) is 58.0 Å². The van der Waals surface area contributed by atoms with Crippen LogP contribution in [0.25, 0.3) is 0 Å². The number of hydrogen-bond donors (Lipinski definition) is 3. The molecule has 6 rings (SSSR count). The number of rotatable bonds is 2. The number of piperidine rings is 3. The van der Waals surface area contributed by atoms with Gasteiger partial charge in [-0.3, -0.25) is 10.2 Å². The van der Waals surface area contributed by atoms with Crippen molar-refractivity contribution in [3.8, 4) is 0 Å². The van der Waals surface area contributed by atoms with Gasteiger partial charge in [-0.25, -0.2) is 13.6 Å². The minimum absolute atomic E-state index is 0.0297. The third-order valence-electron chi connectivity index (χ3n) is 11.6. The zero-order chi connectivity index (χ0) is 28.0. The van der Waals surface area contributed by atoms with Gasteiger partial charge in [-0.2, -0.15) is 0 Å². The Balaban J connectivity index is 1.41. The quantitative estimate of drug-likeness (QED) is 0.463. The number of halogens is 2. The van der Waals surface area contributed by atoms with E-state index in [2.05, 4.69) is 46.5 Å². The van der Waals surface area contributed by atoms with Crippen molar-refractivity contribution in [3.05, 3.63) is 0 Å². The van der Waals surface area contributed by atoms with Crippen molar-refractivity contribution >= 4 is 6.03 Å². The van der Waals surface area contributed by atoms with Crippen LogP contribution in [0.15, 0.2) is 0 Å². The predicted octanol–water partition coefficient (Wildman–Crippen LogP) is 4.42. The molecule has 0 aromatic heterocycles. The second-order valence-corrected chi connectivity index (χ2v) is 14.2. The van der Waals surface area contributed by atoms with Gasteiger partial charge >= 0.3 is 6.03 Å². The minimum atomic E-state index is -1.14. The van der Waals surface area contributed by atoms with Crippen LogP contribution in [0.1, 0.15) is 85.0 Å². The first-order chi connectivity index (χ1) is 19.3. The molecule has 5 heterocycles. The average molecular weight is 566 g/mol. The lowest BCUT2D eigenvalue weighted by atomic mass is 9.68. The van der Waals surface area contributed by atoms with Gasteiger partial charge in [0.25, 0.3) is 0 Å². The summed E-state index contributed by atoms with van der Waals surface area (Å²) in [5, 5.41) is 10.9. The highest BCUT2D eigenvalue weighted by atomic mass is 19.1. The van der Waals surface area contributed by atoms with Crippen LogP contribution in [0.4, 0.5) is 13.6 Å². The summed E-state index contributed by atoms with van der Waals surface area (Å²) in [5.41, 5.74) is 0. The Bertz CT molecular complexity index is 881. The molecule has 7 nitrogen and oxygen atoms in total. The fraction of sp³-hybridized carbons (Fsp3) is 0.968. The first-order valence-corrected chi connectivity index (χ1v) is 16.5. The smallest absolute Gasteiger partial charge is 0.320 e. The Hall–Kier alpha value is -1.03. The molecule has 0 radical (unpaired) electrons. The molecule has 40 heavy (non-hydrogen) atoms. The summed E-state index contributed by atoms with van der Waals surface area (Å²) in [6, 6.07) is -0.176. The molecule has 5 saturated heterocycles. The van der Waals surface area contributed by atoms with Crippen molar-refractivity contribution in [1.29, 1.82) is 0 Å². The second kappa shape index (κ2) is 12.3. The number of amides is 2. The van der Waals surface area contributed by atoms with Gasteiger partial charge < -0.3 is 20.3 Å². The third-order valence-corrected chi connectivity index (χ3v) is 11.6. The predicted molar refractivity (Wildman–Crippen MR) is 152 cm³/mol. The maximum atomic E-state index is 16.4. The first-order valence-electron chi connectivity index (χ1n) is 16.5. The van der Waals surface area contributed by atoms with E-state index in [4.69, 9.17) is 4.74 Å². The van der Waals surface area contributed by atoms with E-state index in [-0.39, 0.29) is 48.2 Å². The van der Waals surface area contributed by atoms with E-state index in [1.807, 2.05) is 0 Å². The Labute approximate surface area is 239 Å². The Kier molecular flexibility index (Phi) is 8.93. The van der Waals surface area contributed by atoms with Crippen LogP contribution in [0.2, 0.25) is 0 Å². The van der Waals surface area contributed by atoms with Crippen LogP contribution in [-0.2, 0) is 4.74 Å². The van der Waals surface area contributed by atoms with E-state index in [0.29, 0.717) is 43.9 Å². The van der Waals surface area contributed by atoms with Crippen LogP contribution in [0.3, 0.4) is 0 Å². The number of likely N-dealkylation sites (tertiary alicyclic amines) is 1. The molecule has 0 aromatic carbocycles. The number of alkyl halides is 2. The first kappa shape index (κ1) is 29.1. The molecular weight excluding hydrogens is 512 g/mol. The van der Waals surface area contributed by atoms with E-state index in [1.165, 1.54) is 6.42 Å². The standard InChI is InChI=1S/C31H53F2N5O2/c1-18(2)26-28-21(10-13-34-26)12-16-40-15-11-20-8-6-9-23(32)25(20)27-24(33)17-22-29(37-14-5-4-7-19(37)3)36-31(39)38(28)30(22)35-27/h18-30,34-35H,4-17H2,1-3H3,(H,36,39)/t19-,20?,21?,22?,23?,24?,25?,26?,27?,28?,29?,30?/m0/s1. The van der Waals surface area contributed by atoms with Gasteiger partial charge in [0.1, 0.15) is 12.3 Å². The summed E-state index contributed by atoms with van der Waals surface area (Å²) >= 11 is 0. The molecule has 0 spiro atoms. The highest BCUT2D eigenvalue weighted by Gasteiger charge is 2.57. The average Bonchev–Trinajstić information content (AvgIpc) is 2.94. The van der Waals surface area contributed by atoms with E-state index in [1.54, 1.807) is 0 Å². The molecule has 5 aliphatic heterocycles. The number of fused-ring (bicyclic) bond motifs is 5. The van der Waals surface area contributed by atoms with Crippen LogP contribution in [-0.4, -0.2) is 91.0 Å². The zero-order valence-electron chi connectivity index (χ0n) is 24.9. The van der Waals surface area contributed by atoms with Gasteiger partial charge in [0.2, 0.25) is 0 Å². The van der Waals surface area contributed by atoms with E-state index >= 15 is 8.78 Å². The van der Waals surface area contributed by atoms with Crippen molar-refractivity contribution in [1.82, 2.24) is 25.8 Å². The molecule has 9 heteroatoms. The fourth-order valence-electron chi connectivity index (χ4n) is 9.57. The largest absolute Gasteiger partial charge is 0.381 e. The maximum absolute atomic E-state index is 16.4. The molecule has 11 unspecified atom stereocenters. The third kappa shape index (κ3) is 5.42. The lowest BCUT2D eigenvalue weighted by Gasteiger charge is -2.60. The van der Waals surface area contributed by atoms with Gasteiger partial charge in [0, 0.05) is 49.7 Å². The number of carbonyl (C=O) groups excluding carboxylic acids is 1. The van der Waals surface area contributed by atoms with Crippen LogP contribution in [0, 0.1) is 29.6 Å². The van der Waals surface area contributed by atoms with Gasteiger partial charge in [-0.1, -0.05) is 26.7 Å². The molecule has 2 amide bonds. The number of hydrogen-bond acceptors (Lipinski definition) is 5. The molecule has 228 valence electrons. The van der Waals surface area contributed by atoms with Crippen molar-refractivity contribution in [2.24, 2.45) is 29.6 Å². The molecule has 0 aromatic rings. The summed E-state index contributed by atoms with van der Waals surface area (Å²) in [4.78, 5) is 18.8. The van der Waals surface area contributed by atoms with Crippen LogP contribution < -0.4 is 16.0 Å². The summed E-state index contributed by atoms with van der Waals surface area (Å²) in [6.07, 6.45) is 6.03. The maximum Gasteiger partial charge on any atom is 0.320 e. The topological polar surface area (TPSA) is 68.9 Å². The van der Waals surface area contributed by atoms with Crippen molar-refractivity contribution < 1.29 is 18.3 Å². The SMILES string of the molecule is CC(C)C1NCCC2CCOCCC3CCCC(F)C3C3NC4C(CC3F)C(N3CCCC[C@@H]3C)NC(=O)N4C21. The molecule has 1 saturated carbocycles. The van der Waals surface area contributed by atoms with Gasteiger partial charge in [0.15, 0.2) is 0 Å². The molecule has 1 aliphatic carbocycles. The van der Waals surface area contributed by atoms with Crippen LogP contribution >= 0.6 is 0 Å². The molecule has 2 bridgehead atoms. The monoisotopic (exact) mass is 565 g/mol. The number of carbonyl (C=O) groups is 1. The van der Waals surface area contributed by atoms with Gasteiger partial charge in [0.05, 0.1) is 18.4 Å². The summed E-state index contributed by atoms with van der Waals surface area (Å²) in [7, 11) is 0. The number of nitrogens with one attached hydrogen (secondary N) is 3. The highest BCUT2D eigenvalue weighted by Crippen LogP contribution is 2.45. The molecular formula is C31H53F2N5O2. The molecule has 6 fully saturated rings.